The molecule has 0 bridgehead atoms. The van der Waals surface area contributed by atoms with Crippen molar-refractivity contribution >= 4 is 11.6 Å². The van der Waals surface area contributed by atoms with Gasteiger partial charge in [-0.3, -0.25) is 4.68 Å². The molecule has 0 aliphatic carbocycles. The average Bonchev–Trinajstić information content (AvgIpc) is 3.01. The fourth-order valence-electron chi connectivity index (χ4n) is 1.96. The summed E-state index contributed by atoms with van der Waals surface area (Å²) in [4.78, 5) is 7.46. The van der Waals surface area contributed by atoms with Gasteiger partial charge in [0, 0.05) is 18.9 Å². The summed E-state index contributed by atoms with van der Waals surface area (Å²) in [6.45, 7) is 5.86. The van der Waals surface area contributed by atoms with Crippen LogP contribution in [0.25, 0.3) is 0 Å². The van der Waals surface area contributed by atoms with Crippen LogP contribution in [0.15, 0.2) is 18.6 Å². The van der Waals surface area contributed by atoms with Gasteiger partial charge in [0.15, 0.2) is 0 Å². The average molecular weight is 268 g/mol. The SMILES string of the molecule is CCCNC(c1ncc[nH]1)c1c(Cl)cnn1CC. The molecule has 18 heavy (non-hydrogen) atoms. The molecule has 0 aliphatic heterocycles. The molecule has 2 aromatic heterocycles. The summed E-state index contributed by atoms with van der Waals surface area (Å²) in [5.41, 5.74) is 0.961. The molecule has 0 saturated carbocycles. The van der Waals surface area contributed by atoms with E-state index in [1.54, 1.807) is 12.4 Å². The third-order valence-corrected chi connectivity index (χ3v) is 3.09. The summed E-state index contributed by atoms with van der Waals surface area (Å²) in [6, 6.07) is -0.0464. The molecule has 98 valence electrons. The predicted octanol–water partition coefficient (Wildman–Crippen LogP) is 2.37. The Morgan fingerprint density at radius 1 is 1.50 bits per heavy atom. The van der Waals surface area contributed by atoms with Crippen LogP contribution in [-0.2, 0) is 6.54 Å². The monoisotopic (exact) mass is 267 g/mol. The molecular weight excluding hydrogens is 250 g/mol. The lowest BCUT2D eigenvalue weighted by Crippen LogP contribution is -2.27. The number of hydrogen-bond acceptors (Lipinski definition) is 3. The van der Waals surface area contributed by atoms with Gasteiger partial charge in [0.2, 0.25) is 0 Å². The zero-order valence-corrected chi connectivity index (χ0v) is 11.4. The Morgan fingerprint density at radius 2 is 2.33 bits per heavy atom. The minimum absolute atomic E-state index is 0.0464. The second-order valence-electron chi connectivity index (χ2n) is 4.06. The van der Waals surface area contributed by atoms with Crippen molar-refractivity contribution in [3.05, 3.63) is 35.1 Å². The van der Waals surface area contributed by atoms with E-state index in [0.29, 0.717) is 5.02 Å². The van der Waals surface area contributed by atoms with Crippen molar-refractivity contribution in [1.82, 2.24) is 25.1 Å². The fraction of sp³-hybridized carbons (Fsp3) is 0.500. The summed E-state index contributed by atoms with van der Waals surface area (Å²) in [5.74, 6) is 0.862. The molecule has 1 atom stereocenters. The van der Waals surface area contributed by atoms with Crippen molar-refractivity contribution < 1.29 is 0 Å². The molecule has 0 spiro atoms. The van der Waals surface area contributed by atoms with Gasteiger partial charge in [-0.2, -0.15) is 5.10 Å². The lowest BCUT2D eigenvalue weighted by molar-refractivity contribution is 0.515. The number of aryl methyl sites for hydroxylation is 1. The van der Waals surface area contributed by atoms with Gasteiger partial charge in [0.1, 0.15) is 11.9 Å². The number of halogens is 1. The molecule has 0 fully saturated rings. The van der Waals surface area contributed by atoms with E-state index < -0.39 is 0 Å². The van der Waals surface area contributed by atoms with Gasteiger partial charge >= 0.3 is 0 Å². The third-order valence-electron chi connectivity index (χ3n) is 2.80. The molecule has 5 nitrogen and oxygen atoms in total. The topological polar surface area (TPSA) is 58.5 Å². The molecule has 0 aromatic carbocycles. The van der Waals surface area contributed by atoms with E-state index in [1.807, 2.05) is 17.8 Å². The molecule has 1 unspecified atom stereocenters. The number of rotatable bonds is 6. The Kier molecular flexibility index (Phi) is 4.38. The number of H-pyrrole nitrogens is 1. The van der Waals surface area contributed by atoms with Crippen LogP contribution in [-0.4, -0.2) is 26.3 Å². The second kappa shape index (κ2) is 6.02. The van der Waals surface area contributed by atoms with Crippen LogP contribution in [0.3, 0.4) is 0 Å². The lowest BCUT2D eigenvalue weighted by atomic mass is 10.2. The first-order valence-corrected chi connectivity index (χ1v) is 6.59. The summed E-state index contributed by atoms with van der Waals surface area (Å²) in [7, 11) is 0. The Hall–Kier alpha value is -1.33. The van der Waals surface area contributed by atoms with E-state index in [1.165, 1.54) is 0 Å². The van der Waals surface area contributed by atoms with E-state index in [0.717, 1.165) is 31.0 Å². The highest BCUT2D eigenvalue weighted by atomic mass is 35.5. The first-order valence-electron chi connectivity index (χ1n) is 6.21. The number of imidazole rings is 1. The summed E-state index contributed by atoms with van der Waals surface area (Å²) in [5, 5.41) is 8.40. The summed E-state index contributed by atoms with van der Waals surface area (Å²) >= 11 is 6.25. The predicted molar refractivity (Wildman–Crippen MR) is 71.6 cm³/mol. The standard InChI is InChI=1S/C12H18ClN5/c1-3-5-14-10(12-15-6-7-16-12)11-9(13)8-17-18(11)4-2/h6-8,10,14H,3-5H2,1-2H3,(H,15,16). The minimum Gasteiger partial charge on any atom is -0.347 e. The van der Waals surface area contributed by atoms with Gasteiger partial charge in [0.25, 0.3) is 0 Å². The highest BCUT2D eigenvalue weighted by Crippen LogP contribution is 2.26. The second-order valence-corrected chi connectivity index (χ2v) is 4.46. The van der Waals surface area contributed by atoms with E-state index in [2.05, 4.69) is 27.3 Å². The minimum atomic E-state index is -0.0464. The van der Waals surface area contributed by atoms with E-state index >= 15 is 0 Å². The first-order chi connectivity index (χ1) is 8.77. The van der Waals surface area contributed by atoms with Crippen LogP contribution in [0.5, 0.6) is 0 Å². The zero-order chi connectivity index (χ0) is 13.0. The Labute approximate surface area is 112 Å². The smallest absolute Gasteiger partial charge is 0.129 e. The van der Waals surface area contributed by atoms with Gasteiger partial charge in [-0.05, 0) is 19.9 Å². The number of aromatic nitrogens is 4. The van der Waals surface area contributed by atoms with E-state index in [9.17, 15) is 0 Å². The van der Waals surface area contributed by atoms with Crippen molar-refractivity contribution in [2.24, 2.45) is 0 Å². The van der Waals surface area contributed by atoms with Crippen LogP contribution in [0, 0.1) is 0 Å². The molecule has 0 saturated heterocycles. The number of nitrogens with one attached hydrogen (secondary N) is 2. The summed E-state index contributed by atoms with van der Waals surface area (Å²) in [6.07, 6.45) is 6.30. The van der Waals surface area contributed by atoms with Crippen LogP contribution < -0.4 is 5.32 Å². The van der Waals surface area contributed by atoms with Crippen molar-refractivity contribution in [2.75, 3.05) is 6.54 Å². The van der Waals surface area contributed by atoms with Crippen molar-refractivity contribution in [3.63, 3.8) is 0 Å². The van der Waals surface area contributed by atoms with Crippen molar-refractivity contribution in [2.45, 2.75) is 32.9 Å². The molecular formula is C12H18ClN5. The van der Waals surface area contributed by atoms with Gasteiger partial charge in [-0.1, -0.05) is 18.5 Å². The molecule has 2 N–H and O–H groups in total. The van der Waals surface area contributed by atoms with Crippen LogP contribution in [0.1, 0.15) is 37.8 Å². The van der Waals surface area contributed by atoms with Gasteiger partial charge in [0.05, 0.1) is 16.9 Å². The number of aromatic amines is 1. The highest BCUT2D eigenvalue weighted by molar-refractivity contribution is 6.31. The lowest BCUT2D eigenvalue weighted by Gasteiger charge is -2.18. The normalized spacial score (nSPS) is 12.8. The molecule has 2 rings (SSSR count). The summed E-state index contributed by atoms with van der Waals surface area (Å²) < 4.78 is 1.90. The quantitative estimate of drug-likeness (QED) is 0.845. The maximum absolute atomic E-state index is 6.25. The molecule has 0 aliphatic rings. The molecule has 6 heteroatoms. The van der Waals surface area contributed by atoms with E-state index in [4.69, 9.17) is 11.6 Å². The molecule has 0 amide bonds. The van der Waals surface area contributed by atoms with Crippen LogP contribution in [0.4, 0.5) is 0 Å². The number of nitrogens with zero attached hydrogens (tertiary/aromatic N) is 3. The van der Waals surface area contributed by atoms with Gasteiger partial charge in [-0.25, -0.2) is 4.98 Å². The highest BCUT2D eigenvalue weighted by Gasteiger charge is 2.22. The zero-order valence-electron chi connectivity index (χ0n) is 10.7. The van der Waals surface area contributed by atoms with Gasteiger partial charge in [-0.15, -0.1) is 0 Å². The Morgan fingerprint density at radius 3 is 2.94 bits per heavy atom. The Balaban J connectivity index is 2.36. The maximum Gasteiger partial charge on any atom is 0.129 e. The van der Waals surface area contributed by atoms with E-state index in [-0.39, 0.29) is 6.04 Å². The maximum atomic E-state index is 6.25. The third kappa shape index (κ3) is 2.57. The molecule has 2 heterocycles. The van der Waals surface area contributed by atoms with Gasteiger partial charge < -0.3 is 10.3 Å². The Bertz CT molecular complexity index is 477. The van der Waals surface area contributed by atoms with Crippen LogP contribution >= 0.6 is 11.6 Å². The van der Waals surface area contributed by atoms with Crippen molar-refractivity contribution in [3.8, 4) is 0 Å². The number of hydrogen-bond donors (Lipinski definition) is 2. The molecule has 2 aromatic rings. The largest absolute Gasteiger partial charge is 0.347 e. The van der Waals surface area contributed by atoms with Crippen LogP contribution in [0.2, 0.25) is 5.02 Å². The van der Waals surface area contributed by atoms with Crippen molar-refractivity contribution in [1.29, 1.82) is 0 Å². The fourth-order valence-corrected chi connectivity index (χ4v) is 2.21. The molecule has 0 radical (unpaired) electrons. The first kappa shape index (κ1) is 13.1.